The van der Waals surface area contributed by atoms with Crippen molar-refractivity contribution in [1.82, 2.24) is 5.32 Å². The topological polar surface area (TPSA) is 30.5 Å². The number of nitrogens with one attached hydrogen (secondary N) is 1. The molecule has 0 amide bonds. The molecule has 1 rings (SSSR count). The lowest BCUT2D eigenvalue weighted by atomic mass is 10.0. The first-order valence-electron chi connectivity index (χ1n) is 4.64. The summed E-state index contributed by atoms with van der Waals surface area (Å²) in [7, 11) is 1.70. The summed E-state index contributed by atoms with van der Waals surface area (Å²) in [5, 5.41) is 3.24. The lowest BCUT2D eigenvalue weighted by Gasteiger charge is -2.27. The second-order valence-electron chi connectivity index (χ2n) is 3.45. The molecule has 1 heterocycles. The largest absolute Gasteiger partial charge is 0.382 e. The Morgan fingerprint density at radius 1 is 1.50 bits per heavy atom. The molecule has 0 bridgehead atoms. The van der Waals surface area contributed by atoms with Gasteiger partial charge in [0.25, 0.3) is 0 Å². The van der Waals surface area contributed by atoms with Crippen LogP contribution in [0.25, 0.3) is 0 Å². The van der Waals surface area contributed by atoms with Crippen molar-refractivity contribution in [3.63, 3.8) is 0 Å². The Morgan fingerprint density at radius 3 is 2.75 bits per heavy atom. The second-order valence-corrected chi connectivity index (χ2v) is 3.45. The number of methoxy groups -OCH3 is 1. The number of hydrogen-bond acceptors (Lipinski definition) is 3. The van der Waals surface area contributed by atoms with Crippen LogP contribution >= 0.6 is 0 Å². The summed E-state index contributed by atoms with van der Waals surface area (Å²) in [5.74, 6) is 0.847. The normalized spacial score (nSPS) is 20.5. The van der Waals surface area contributed by atoms with Crippen LogP contribution < -0.4 is 5.32 Å². The molecular formula is C9H19NO2. The Labute approximate surface area is 74.4 Å². The van der Waals surface area contributed by atoms with Gasteiger partial charge in [-0.25, -0.2) is 0 Å². The zero-order valence-corrected chi connectivity index (χ0v) is 8.01. The molecule has 1 fully saturated rings. The van der Waals surface area contributed by atoms with Gasteiger partial charge in [0, 0.05) is 13.7 Å². The zero-order valence-electron chi connectivity index (χ0n) is 8.01. The van der Waals surface area contributed by atoms with E-state index >= 15 is 0 Å². The van der Waals surface area contributed by atoms with Gasteiger partial charge in [0.1, 0.15) is 0 Å². The van der Waals surface area contributed by atoms with E-state index in [1.165, 1.54) is 19.5 Å². The molecular weight excluding hydrogens is 154 g/mol. The van der Waals surface area contributed by atoms with E-state index in [1.54, 1.807) is 7.11 Å². The third kappa shape index (κ3) is 3.52. The number of ether oxygens (including phenoxy) is 2. The van der Waals surface area contributed by atoms with Crippen LogP contribution in [0.1, 0.15) is 13.3 Å². The summed E-state index contributed by atoms with van der Waals surface area (Å²) in [5.41, 5.74) is 0. The van der Waals surface area contributed by atoms with Crippen molar-refractivity contribution >= 4 is 0 Å². The minimum atomic E-state index is 0.239. The highest BCUT2D eigenvalue weighted by atomic mass is 16.5. The second kappa shape index (κ2) is 5.51. The molecule has 1 unspecified atom stereocenters. The van der Waals surface area contributed by atoms with Gasteiger partial charge in [-0.3, -0.25) is 0 Å². The van der Waals surface area contributed by atoms with Gasteiger partial charge in [-0.2, -0.15) is 0 Å². The van der Waals surface area contributed by atoms with Crippen LogP contribution in [0.15, 0.2) is 0 Å². The van der Waals surface area contributed by atoms with Gasteiger partial charge in [-0.1, -0.05) is 0 Å². The fraction of sp³-hybridized carbons (Fsp3) is 1.00. The predicted molar refractivity (Wildman–Crippen MR) is 48.3 cm³/mol. The third-order valence-corrected chi connectivity index (χ3v) is 2.20. The Hall–Kier alpha value is -0.120. The molecule has 0 spiro atoms. The molecule has 0 aromatic heterocycles. The Bertz CT molecular complexity index is 115. The summed E-state index contributed by atoms with van der Waals surface area (Å²) < 4.78 is 10.5. The Morgan fingerprint density at radius 2 is 2.25 bits per heavy atom. The fourth-order valence-electron chi connectivity index (χ4n) is 1.27. The van der Waals surface area contributed by atoms with Gasteiger partial charge in [-0.15, -0.1) is 0 Å². The van der Waals surface area contributed by atoms with E-state index in [4.69, 9.17) is 9.47 Å². The fourth-order valence-corrected chi connectivity index (χ4v) is 1.27. The van der Waals surface area contributed by atoms with Gasteiger partial charge in [0.15, 0.2) is 0 Å². The smallest absolute Gasteiger partial charge is 0.0780 e. The average Bonchev–Trinajstić information content (AvgIpc) is 1.95. The Kier molecular flexibility index (Phi) is 4.58. The molecule has 1 saturated heterocycles. The molecule has 1 atom stereocenters. The highest BCUT2D eigenvalue weighted by molar-refractivity contribution is 4.73. The molecule has 0 saturated carbocycles. The molecule has 72 valence electrons. The first-order valence-corrected chi connectivity index (χ1v) is 4.64. The van der Waals surface area contributed by atoms with Crippen LogP contribution in [0.4, 0.5) is 0 Å². The highest BCUT2D eigenvalue weighted by Gasteiger charge is 2.16. The van der Waals surface area contributed by atoms with Crippen molar-refractivity contribution in [3.05, 3.63) is 0 Å². The first-order chi connectivity index (χ1) is 5.83. The van der Waals surface area contributed by atoms with Gasteiger partial charge < -0.3 is 14.8 Å². The maximum atomic E-state index is 5.54. The van der Waals surface area contributed by atoms with E-state index in [9.17, 15) is 0 Å². The molecule has 0 aromatic rings. The molecule has 0 radical (unpaired) electrons. The van der Waals surface area contributed by atoms with Crippen molar-refractivity contribution in [2.24, 2.45) is 5.92 Å². The first kappa shape index (κ1) is 9.96. The van der Waals surface area contributed by atoms with E-state index in [0.717, 1.165) is 12.5 Å². The minimum absolute atomic E-state index is 0.239. The summed E-state index contributed by atoms with van der Waals surface area (Å²) in [6, 6.07) is 0. The maximum Gasteiger partial charge on any atom is 0.0780 e. The molecule has 3 nitrogen and oxygen atoms in total. The van der Waals surface area contributed by atoms with Crippen LogP contribution in [0.5, 0.6) is 0 Å². The molecule has 0 aromatic carbocycles. The zero-order chi connectivity index (χ0) is 8.81. The molecule has 3 heteroatoms. The lowest BCUT2D eigenvalue weighted by Crippen LogP contribution is -2.42. The average molecular weight is 173 g/mol. The molecule has 1 aliphatic heterocycles. The predicted octanol–water partition coefficient (Wildman–Crippen LogP) is 0.647. The summed E-state index contributed by atoms with van der Waals surface area (Å²) in [4.78, 5) is 0. The van der Waals surface area contributed by atoms with E-state index < -0.39 is 0 Å². The van der Waals surface area contributed by atoms with Crippen LogP contribution in [-0.4, -0.2) is 39.5 Å². The van der Waals surface area contributed by atoms with Crippen molar-refractivity contribution in [2.45, 2.75) is 19.4 Å². The monoisotopic (exact) mass is 173 g/mol. The summed E-state index contributed by atoms with van der Waals surface area (Å²) >= 11 is 0. The minimum Gasteiger partial charge on any atom is -0.382 e. The van der Waals surface area contributed by atoms with Gasteiger partial charge in [0.05, 0.1) is 12.7 Å². The van der Waals surface area contributed by atoms with Crippen molar-refractivity contribution in [3.8, 4) is 0 Å². The van der Waals surface area contributed by atoms with Crippen LogP contribution in [0, 0.1) is 5.92 Å². The van der Waals surface area contributed by atoms with E-state index in [1.807, 2.05) is 6.92 Å². The number of rotatable bonds is 6. The Balaban J connectivity index is 1.86. The standard InChI is InChI=1S/C9H19NO2/c1-8(7-11-2)12-4-3-9-5-10-6-9/h8-10H,3-7H2,1-2H3. The summed E-state index contributed by atoms with van der Waals surface area (Å²) in [6.07, 6.45) is 1.42. The van der Waals surface area contributed by atoms with Crippen molar-refractivity contribution < 1.29 is 9.47 Å². The van der Waals surface area contributed by atoms with Gasteiger partial charge >= 0.3 is 0 Å². The molecule has 1 aliphatic rings. The van der Waals surface area contributed by atoms with Crippen LogP contribution in [-0.2, 0) is 9.47 Å². The lowest BCUT2D eigenvalue weighted by molar-refractivity contribution is 0.00174. The van der Waals surface area contributed by atoms with Crippen molar-refractivity contribution in [1.29, 1.82) is 0 Å². The van der Waals surface area contributed by atoms with Crippen LogP contribution in [0.2, 0.25) is 0 Å². The molecule has 1 N–H and O–H groups in total. The molecule has 12 heavy (non-hydrogen) atoms. The molecule has 0 aliphatic carbocycles. The van der Waals surface area contributed by atoms with Crippen LogP contribution in [0.3, 0.4) is 0 Å². The van der Waals surface area contributed by atoms with E-state index in [0.29, 0.717) is 6.61 Å². The van der Waals surface area contributed by atoms with Gasteiger partial charge in [-0.05, 0) is 32.4 Å². The van der Waals surface area contributed by atoms with Crippen molar-refractivity contribution in [2.75, 3.05) is 33.4 Å². The van der Waals surface area contributed by atoms with Gasteiger partial charge in [0.2, 0.25) is 0 Å². The maximum absolute atomic E-state index is 5.54. The summed E-state index contributed by atoms with van der Waals surface area (Å²) in [6.45, 7) is 5.95. The van der Waals surface area contributed by atoms with E-state index in [-0.39, 0.29) is 6.10 Å². The quantitative estimate of drug-likeness (QED) is 0.639. The SMILES string of the molecule is COCC(C)OCCC1CNC1. The third-order valence-electron chi connectivity index (χ3n) is 2.20. The van der Waals surface area contributed by atoms with E-state index in [2.05, 4.69) is 5.32 Å². The number of hydrogen-bond donors (Lipinski definition) is 1. The highest BCUT2D eigenvalue weighted by Crippen LogP contribution is 2.08.